The minimum Gasteiger partial charge on any atom is -0.465 e. The van der Waals surface area contributed by atoms with E-state index in [1.165, 1.54) is 14.0 Å². The van der Waals surface area contributed by atoms with Crippen molar-refractivity contribution < 1.29 is 29.0 Å². The van der Waals surface area contributed by atoms with Gasteiger partial charge in [-0.3, -0.25) is 19.3 Å². The highest BCUT2D eigenvalue weighted by Gasteiger charge is 2.37. The number of ether oxygens (including phenoxy) is 1. The quantitative estimate of drug-likeness (QED) is 0.479. The number of amides is 4. The molecule has 2 fully saturated rings. The molecule has 11 heteroatoms. The number of rotatable bonds is 9. The number of likely N-dealkylation sites (N-methyl/N-ethyl adjacent to an activating group) is 1. The molecule has 11 nitrogen and oxygen atoms in total. The van der Waals surface area contributed by atoms with E-state index in [4.69, 9.17) is 4.74 Å². The van der Waals surface area contributed by atoms with Gasteiger partial charge in [0.2, 0.25) is 11.8 Å². The Balaban J connectivity index is 1.48. The smallest absolute Gasteiger partial charge is 0.407 e. The second-order valence-corrected chi connectivity index (χ2v) is 11.2. The molecule has 1 aliphatic carbocycles. The first-order valence-electron chi connectivity index (χ1n) is 14.6. The number of hydrogen-bond acceptors (Lipinski definition) is 5. The van der Waals surface area contributed by atoms with Gasteiger partial charge in [0, 0.05) is 57.8 Å². The lowest BCUT2D eigenvalue weighted by Gasteiger charge is -2.39. The molecule has 4 amide bonds. The van der Waals surface area contributed by atoms with Crippen LogP contribution in [0.5, 0.6) is 0 Å². The average molecular weight is 570 g/mol. The molecule has 1 aromatic heterocycles. The molecule has 224 valence electrons. The standard InChI is InChI=1S/C30H43N5O6/c1-20-23-12-8-9-13-24(23)35(18-19-41-4)26(20)29(38)34-16-14-33(15-17-34)28(37)25(22-10-6-5-7-11-22)31-27(36)21(2)32(3)30(39)40/h8-9,12-13,21-22,25H,5-7,10-11,14-19H2,1-4H3,(H,31,36)(H,39,40). The van der Waals surface area contributed by atoms with E-state index < -0.39 is 24.1 Å². The predicted molar refractivity (Wildman–Crippen MR) is 155 cm³/mol. The molecule has 1 aliphatic heterocycles. The summed E-state index contributed by atoms with van der Waals surface area (Å²) in [5.41, 5.74) is 2.57. The van der Waals surface area contributed by atoms with Gasteiger partial charge in [0.05, 0.1) is 6.61 Å². The Hall–Kier alpha value is -3.60. The van der Waals surface area contributed by atoms with Gasteiger partial charge in [-0.15, -0.1) is 0 Å². The molecule has 2 atom stereocenters. The number of carbonyl (C=O) groups is 4. The highest BCUT2D eigenvalue weighted by atomic mass is 16.5. The second-order valence-electron chi connectivity index (χ2n) is 11.2. The van der Waals surface area contributed by atoms with E-state index in [-0.39, 0.29) is 17.7 Å². The van der Waals surface area contributed by atoms with Crippen molar-refractivity contribution >= 4 is 34.7 Å². The van der Waals surface area contributed by atoms with Gasteiger partial charge in [0.15, 0.2) is 0 Å². The normalized spacial score (nSPS) is 17.8. The zero-order chi connectivity index (χ0) is 29.7. The van der Waals surface area contributed by atoms with Crippen LogP contribution < -0.4 is 5.32 Å². The lowest BCUT2D eigenvalue weighted by molar-refractivity contribution is -0.140. The molecule has 1 aromatic carbocycles. The molecular weight excluding hydrogens is 526 g/mol. The maximum Gasteiger partial charge on any atom is 0.407 e. The molecular formula is C30H43N5O6. The summed E-state index contributed by atoms with van der Waals surface area (Å²) in [6.07, 6.45) is 3.56. The summed E-state index contributed by atoms with van der Waals surface area (Å²) in [5.74, 6) is -0.703. The lowest BCUT2D eigenvalue weighted by Crippen LogP contribution is -2.59. The third-order valence-corrected chi connectivity index (χ3v) is 8.77. The largest absolute Gasteiger partial charge is 0.465 e. The number of aromatic nitrogens is 1. The summed E-state index contributed by atoms with van der Waals surface area (Å²) >= 11 is 0. The van der Waals surface area contributed by atoms with Crippen LogP contribution in [0.1, 0.15) is 55.1 Å². The van der Waals surface area contributed by atoms with Crippen LogP contribution in [-0.2, 0) is 20.9 Å². The fourth-order valence-electron chi connectivity index (χ4n) is 6.11. The van der Waals surface area contributed by atoms with Gasteiger partial charge in [-0.25, -0.2) is 4.79 Å². The van der Waals surface area contributed by atoms with Gasteiger partial charge in [-0.2, -0.15) is 0 Å². The molecule has 2 unspecified atom stereocenters. The summed E-state index contributed by atoms with van der Waals surface area (Å²) in [5, 5.41) is 13.2. The number of fused-ring (bicyclic) bond motifs is 1. The molecule has 1 saturated heterocycles. The van der Waals surface area contributed by atoms with Gasteiger partial charge >= 0.3 is 6.09 Å². The van der Waals surface area contributed by atoms with E-state index in [0.717, 1.165) is 53.5 Å². The third-order valence-electron chi connectivity index (χ3n) is 8.77. The third kappa shape index (κ3) is 6.50. The number of nitrogens with zero attached hydrogens (tertiary/aromatic N) is 4. The summed E-state index contributed by atoms with van der Waals surface area (Å²) in [6.45, 7) is 6.04. The Labute approximate surface area is 241 Å². The van der Waals surface area contributed by atoms with Crippen molar-refractivity contribution in [2.75, 3.05) is 46.9 Å². The van der Waals surface area contributed by atoms with Crippen LogP contribution in [0.25, 0.3) is 10.9 Å². The zero-order valence-electron chi connectivity index (χ0n) is 24.6. The van der Waals surface area contributed by atoms with E-state index in [9.17, 15) is 24.3 Å². The average Bonchev–Trinajstić information content (AvgIpc) is 3.28. The number of hydrogen-bond donors (Lipinski definition) is 2. The van der Waals surface area contributed by atoms with E-state index in [2.05, 4.69) is 5.32 Å². The Morgan fingerprint density at radius 3 is 2.32 bits per heavy atom. The van der Waals surface area contributed by atoms with Gasteiger partial charge in [-0.1, -0.05) is 37.5 Å². The van der Waals surface area contributed by atoms with Crippen molar-refractivity contribution in [1.82, 2.24) is 24.6 Å². The van der Waals surface area contributed by atoms with Crippen molar-refractivity contribution in [1.29, 1.82) is 0 Å². The van der Waals surface area contributed by atoms with E-state index in [1.54, 1.807) is 16.9 Å². The number of benzene rings is 1. The second kappa shape index (κ2) is 13.4. The molecule has 0 bridgehead atoms. The van der Waals surface area contributed by atoms with Crippen molar-refractivity contribution in [3.8, 4) is 0 Å². The van der Waals surface area contributed by atoms with Crippen molar-refractivity contribution in [3.05, 3.63) is 35.5 Å². The zero-order valence-corrected chi connectivity index (χ0v) is 24.6. The highest BCUT2D eigenvalue weighted by Crippen LogP contribution is 2.29. The lowest BCUT2D eigenvalue weighted by atomic mass is 9.83. The molecule has 2 N–H and O–H groups in total. The number of aryl methyl sites for hydroxylation is 1. The Morgan fingerprint density at radius 1 is 1.05 bits per heavy atom. The predicted octanol–water partition coefficient (Wildman–Crippen LogP) is 2.94. The molecule has 2 heterocycles. The number of nitrogens with one attached hydrogen (secondary N) is 1. The molecule has 2 aromatic rings. The molecule has 41 heavy (non-hydrogen) atoms. The summed E-state index contributed by atoms with van der Waals surface area (Å²) in [4.78, 5) is 56.5. The fourth-order valence-corrected chi connectivity index (χ4v) is 6.11. The van der Waals surface area contributed by atoms with Crippen LogP contribution in [0, 0.1) is 12.8 Å². The van der Waals surface area contributed by atoms with Gasteiger partial charge in [0.1, 0.15) is 17.8 Å². The Bertz CT molecular complexity index is 1260. The minimum atomic E-state index is -1.20. The van der Waals surface area contributed by atoms with Crippen LogP contribution >= 0.6 is 0 Å². The van der Waals surface area contributed by atoms with Crippen LogP contribution in [0.4, 0.5) is 4.79 Å². The van der Waals surface area contributed by atoms with Crippen LogP contribution in [-0.4, -0.2) is 107 Å². The monoisotopic (exact) mass is 569 g/mol. The Kier molecular flexibility index (Phi) is 9.90. The van der Waals surface area contributed by atoms with Gasteiger partial charge in [0.25, 0.3) is 5.91 Å². The number of para-hydroxylation sites is 1. The highest BCUT2D eigenvalue weighted by molar-refractivity contribution is 6.02. The maximum atomic E-state index is 13.8. The summed E-state index contributed by atoms with van der Waals surface area (Å²) in [6, 6.07) is 6.33. The number of piperazine rings is 1. The van der Waals surface area contributed by atoms with Crippen LogP contribution in [0.15, 0.2) is 24.3 Å². The first-order valence-corrected chi connectivity index (χ1v) is 14.6. The van der Waals surface area contributed by atoms with Crippen LogP contribution in [0.3, 0.4) is 0 Å². The van der Waals surface area contributed by atoms with E-state index >= 15 is 0 Å². The number of carbonyl (C=O) groups excluding carboxylic acids is 3. The first-order chi connectivity index (χ1) is 19.6. The van der Waals surface area contributed by atoms with Crippen molar-refractivity contribution in [3.63, 3.8) is 0 Å². The van der Waals surface area contributed by atoms with Crippen molar-refractivity contribution in [2.45, 2.75) is 64.6 Å². The topological polar surface area (TPSA) is 124 Å². The summed E-state index contributed by atoms with van der Waals surface area (Å²) in [7, 11) is 2.99. The van der Waals surface area contributed by atoms with Crippen LogP contribution in [0.2, 0.25) is 0 Å². The minimum absolute atomic E-state index is 0.00124. The first kappa shape index (κ1) is 30.4. The van der Waals surface area contributed by atoms with E-state index in [1.807, 2.05) is 35.8 Å². The van der Waals surface area contributed by atoms with Gasteiger partial charge < -0.3 is 29.5 Å². The fraction of sp³-hybridized carbons (Fsp3) is 0.600. The molecule has 0 spiro atoms. The molecule has 0 radical (unpaired) electrons. The Morgan fingerprint density at radius 2 is 1.68 bits per heavy atom. The molecule has 4 rings (SSSR count). The van der Waals surface area contributed by atoms with Crippen molar-refractivity contribution in [2.24, 2.45) is 5.92 Å². The van der Waals surface area contributed by atoms with E-state index in [0.29, 0.717) is 45.0 Å². The number of carboxylic acid groups (broad SMARTS) is 1. The SMILES string of the molecule is COCCn1c(C(=O)N2CCN(C(=O)C(NC(=O)C(C)N(C)C(=O)O)C3CCCCC3)CC2)c(C)c2ccccc21. The summed E-state index contributed by atoms with van der Waals surface area (Å²) < 4.78 is 7.34. The van der Waals surface area contributed by atoms with Gasteiger partial charge in [-0.05, 0) is 44.2 Å². The molecule has 1 saturated carbocycles. The molecule has 2 aliphatic rings. The maximum absolute atomic E-state index is 13.8. The number of methoxy groups -OCH3 is 1.